The monoisotopic (exact) mass is 299 g/mol. The second-order valence-corrected chi connectivity index (χ2v) is 4.08. The van der Waals surface area contributed by atoms with Crippen molar-refractivity contribution < 1.29 is 13.2 Å². The fourth-order valence-corrected chi connectivity index (χ4v) is 2.01. The van der Waals surface area contributed by atoms with Crippen LogP contribution < -0.4 is 5.32 Å². The van der Waals surface area contributed by atoms with Crippen LogP contribution in [0.3, 0.4) is 0 Å². The Kier molecular flexibility index (Phi) is 4.37. The lowest BCUT2D eigenvalue weighted by molar-refractivity contribution is -0.159. The number of nitrogens with one attached hydrogen (secondary N) is 1. The molecule has 92 valence electrons. The Balaban J connectivity index is 3.14. The Bertz CT molecular complexity index is 348. The minimum absolute atomic E-state index is 0.122. The summed E-state index contributed by atoms with van der Waals surface area (Å²) in [4.78, 5) is 0. The zero-order chi connectivity index (χ0) is 12.3. The van der Waals surface area contributed by atoms with Crippen molar-refractivity contribution in [3.63, 3.8) is 0 Å². The quantitative estimate of drug-likeness (QED) is 0.926. The van der Waals surface area contributed by atoms with Gasteiger partial charge in [0, 0.05) is 6.54 Å². The molecule has 0 saturated carbocycles. The average molecular weight is 300 g/mol. The van der Waals surface area contributed by atoms with Crippen molar-refractivity contribution in [3.05, 3.63) is 16.4 Å². The first-order chi connectivity index (χ1) is 7.41. The van der Waals surface area contributed by atoms with Gasteiger partial charge in [0.25, 0.3) is 0 Å². The van der Waals surface area contributed by atoms with Crippen LogP contribution in [0.15, 0.2) is 10.7 Å². The average Bonchev–Trinajstić information content (AvgIpc) is 2.54. The summed E-state index contributed by atoms with van der Waals surface area (Å²) in [5.74, 6) is 0. The lowest BCUT2D eigenvalue weighted by atomic mass is 10.2. The first kappa shape index (κ1) is 13.5. The van der Waals surface area contributed by atoms with Gasteiger partial charge in [-0.2, -0.15) is 18.3 Å². The molecule has 0 radical (unpaired) electrons. The third-order valence-corrected chi connectivity index (χ3v) is 2.75. The van der Waals surface area contributed by atoms with Gasteiger partial charge in [-0.15, -0.1) is 0 Å². The molecule has 1 atom stereocenters. The number of rotatable bonds is 4. The van der Waals surface area contributed by atoms with Crippen LogP contribution in [0.25, 0.3) is 0 Å². The maximum absolute atomic E-state index is 12.8. The van der Waals surface area contributed by atoms with E-state index in [1.54, 1.807) is 13.8 Å². The molecule has 7 heteroatoms. The van der Waals surface area contributed by atoms with E-state index >= 15 is 0 Å². The largest absolute Gasteiger partial charge is 0.409 e. The van der Waals surface area contributed by atoms with Crippen LogP contribution in [0.1, 0.15) is 25.6 Å². The Morgan fingerprint density at radius 1 is 1.50 bits per heavy atom. The highest BCUT2D eigenvalue weighted by Gasteiger charge is 2.43. The van der Waals surface area contributed by atoms with Crippen LogP contribution in [-0.2, 0) is 6.54 Å². The minimum Gasteiger partial charge on any atom is -0.301 e. The van der Waals surface area contributed by atoms with Gasteiger partial charge in [0.05, 0.1) is 16.4 Å². The number of hydrogen-bond donors (Lipinski definition) is 1. The molecule has 1 aromatic heterocycles. The van der Waals surface area contributed by atoms with Gasteiger partial charge in [0.15, 0.2) is 0 Å². The Morgan fingerprint density at radius 3 is 2.56 bits per heavy atom. The number of alkyl halides is 3. The van der Waals surface area contributed by atoms with Crippen LogP contribution >= 0.6 is 15.9 Å². The summed E-state index contributed by atoms with van der Waals surface area (Å²) >= 11 is 3.10. The van der Waals surface area contributed by atoms with E-state index in [0.717, 1.165) is 0 Å². The molecule has 0 aliphatic carbocycles. The number of aromatic nitrogens is 2. The second-order valence-electron chi connectivity index (χ2n) is 3.23. The van der Waals surface area contributed by atoms with Gasteiger partial charge in [-0.05, 0) is 29.4 Å². The predicted molar refractivity (Wildman–Crippen MR) is 58.1 cm³/mol. The van der Waals surface area contributed by atoms with Crippen molar-refractivity contribution in [2.24, 2.45) is 0 Å². The molecule has 1 rings (SSSR count). The number of halogens is 4. The van der Waals surface area contributed by atoms with Crippen molar-refractivity contribution in [2.45, 2.75) is 32.6 Å². The fourth-order valence-electron chi connectivity index (χ4n) is 1.48. The van der Waals surface area contributed by atoms with Gasteiger partial charge < -0.3 is 5.32 Å². The van der Waals surface area contributed by atoms with Gasteiger partial charge in [0.1, 0.15) is 6.04 Å². The van der Waals surface area contributed by atoms with Gasteiger partial charge >= 0.3 is 6.18 Å². The highest BCUT2D eigenvalue weighted by atomic mass is 79.9. The van der Waals surface area contributed by atoms with Crippen molar-refractivity contribution in [1.29, 1.82) is 0 Å². The smallest absolute Gasteiger partial charge is 0.301 e. The molecule has 0 saturated heterocycles. The summed E-state index contributed by atoms with van der Waals surface area (Å²) in [6.07, 6.45) is -2.94. The summed E-state index contributed by atoms with van der Waals surface area (Å²) in [6.45, 7) is 4.03. The first-order valence-corrected chi connectivity index (χ1v) is 5.72. The van der Waals surface area contributed by atoms with E-state index in [0.29, 0.717) is 11.0 Å². The van der Waals surface area contributed by atoms with Gasteiger partial charge in [0.2, 0.25) is 0 Å². The normalized spacial score (nSPS) is 14.1. The molecule has 1 heterocycles. The lowest BCUT2D eigenvalue weighted by Crippen LogP contribution is -2.36. The maximum Gasteiger partial charge on any atom is 0.409 e. The molecule has 3 nitrogen and oxygen atoms in total. The van der Waals surface area contributed by atoms with E-state index in [2.05, 4.69) is 26.3 Å². The lowest BCUT2D eigenvalue weighted by Gasteiger charge is -2.22. The fraction of sp³-hybridized carbons (Fsp3) is 0.667. The van der Waals surface area contributed by atoms with E-state index in [1.165, 1.54) is 10.9 Å². The van der Waals surface area contributed by atoms with Gasteiger partial charge in [-0.25, -0.2) is 0 Å². The van der Waals surface area contributed by atoms with Crippen LogP contribution in [0, 0.1) is 0 Å². The molecule has 16 heavy (non-hydrogen) atoms. The molecule has 0 spiro atoms. The summed E-state index contributed by atoms with van der Waals surface area (Å²) in [6, 6.07) is -1.69. The molecule has 1 aromatic rings. The van der Waals surface area contributed by atoms with Crippen LogP contribution in [0.2, 0.25) is 0 Å². The minimum atomic E-state index is -4.33. The second kappa shape index (κ2) is 5.18. The van der Waals surface area contributed by atoms with Crippen LogP contribution in [-0.4, -0.2) is 22.5 Å². The highest BCUT2D eigenvalue weighted by Crippen LogP contribution is 2.36. The van der Waals surface area contributed by atoms with E-state index in [1.807, 2.05) is 0 Å². The van der Waals surface area contributed by atoms with Crippen LogP contribution in [0.5, 0.6) is 0 Å². The summed E-state index contributed by atoms with van der Waals surface area (Å²) < 4.78 is 40.2. The third-order valence-electron chi connectivity index (χ3n) is 2.14. The van der Waals surface area contributed by atoms with Crippen molar-refractivity contribution >= 4 is 15.9 Å². The molecular formula is C9H13BrF3N3. The maximum atomic E-state index is 12.8. The molecule has 0 bridgehead atoms. The molecule has 0 fully saturated rings. The van der Waals surface area contributed by atoms with Gasteiger partial charge in [-0.3, -0.25) is 4.68 Å². The standard InChI is InChI=1S/C9H13BrF3N3/c1-3-14-8(9(11,12)13)7-6(10)5-15-16(7)4-2/h5,8,14H,3-4H2,1-2H3. The van der Waals surface area contributed by atoms with E-state index < -0.39 is 12.2 Å². The zero-order valence-corrected chi connectivity index (χ0v) is 10.6. The SMILES string of the molecule is CCNC(c1c(Br)cnn1CC)C(F)(F)F. The third kappa shape index (κ3) is 2.76. The summed E-state index contributed by atoms with van der Waals surface area (Å²) in [7, 11) is 0. The molecule has 0 amide bonds. The first-order valence-electron chi connectivity index (χ1n) is 4.93. The summed E-state index contributed by atoms with van der Waals surface area (Å²) in [5, 5.41) is 6.31. The molecular weight excluding hydrogens is 287 g/mol. The van der Waals surface area contributed by atoms with Gasteiger partial charge in [-0.1, -0.05) is 6.92 Å². The molecule has 1 N–H and O–H groups in total. The molecule has 0 aromatic carbocycles. The van der Waals surface area contributed by atoms with E-state index in [9.17, 15) is 13.2 Å². The zero-order valence-electron chi connectivity index (χ0n) is 8.98. The van der Waals surface area contributed by atoms with E-state index in [-0.39, 0.29) is 12.2 Å². The topological polar surface area (TPSA) is 29.9 Å². The summed E-state index contributed by atoms with van der Waals surface area (Å²) in [5.41, 5.74) is 0.122. The van der Waals surface area contributed by atoms with E-state index in [4.69, 9.17) is 0 Å². The predicted octanol–water partition coefficient (Wildman–Crippen LogP) is 2.88. The Labute approximate surface area is 100 Å². The number of nitrogens with zero attached hydrogens (tertiary/aromatic N) is 2. The Morgan fingerprint density at radius 2 is 2.12 bits per heavy atom. The molecule has 0 aliphatic heterocycles. The van der Waals surface area contributed by atoms with Crippen molar-refractivity contribution in [1.82, 2.24) is 15.1 Å². The number of aryl methyl sites for hydroxylation is 1. The highest BCUT2D eigenvalue weighted by molar-refractivity contribution is 9.10. The molecule has 0 aliphatic rings. The molecule has 1 unspecified atom stereocenters. The van der Waals surface area contributed by atoms with Crippen molar-refractivity contribution in [3.8, 4) is 0 Å². The van der Waals surface area contributed by atoms with Crippen LogP contribution in [0.4, 0.5) is 13.2 Å². The Hall–Kier alpha value is -0.560. The number of hydrogen-bond acceptors (Lipinski definition) is 2. The van der Waals surface area contributed by atoms with Crippen molar-refractivity contribution in [2.75, 3.05) is 6.54 Å².